The van der Waals surface area contributed by atoms with E-state index in [1.54, 1.807) is 30.3 Å². The van der Waals surface area contributed by atoms with Crippen LogP contribution in [-0.4, -0.2) is 54.7 Å². The molecule has 0 radical (unpaired) electrons. The lowest BCUT2D eigenvalue weighted by Gasteiger charge is -2.39. The molecule has 1 atom stereocenters. The van der Waals surface area contributed by atoms with Gasteiger partial charge in [0.1, 0.15) is 11.3 Å². The summed E-state index contributed by atoms with van der Waals surface area (Å²) in [7, 11) is -3.79. The average Bonchev–Trinajstić information content (AvgIpc) is 2.44. The fourth-order valence-corrected chi connectivity index (χ4v) is 4.07. The molecule has 7 nitrogen and oxygen atoms in total. The number of likely N-dealkylation sites (tertiary alicyclic amines) is 1. The van der Waals surface area contributed by atoms with Gasteiger partial charge in [0.25, 0.3) is 5.91 Å². The van der Waals surface area contributed by atoms with Crippen LogP contribution in [0.25, 0.3) is 0 Å². The van der Waals surface area contributed by atoms with Gasteiger partial charge in [0.2, 0.25) is 10.0 Å². The molecule has 1 aromatic rings. The Kier molecular flexibility index (Phi) is 5.61. The maximum Gasteiger partial charge on any atom is 0.321 e. The molecule has 1 saturated heterocycles. The molecule has 0 aromatic heterocycles. The molecule has 132 valence electrons. The van der Waals surface area contributed by atoms with Gasteiger partial charge in [-0.2, -0.15) is 0 Å². The van der Waals surface area contributed by atoms with Crippen molar-refractivity contribution in [2.75, 3.05) is 13.1 Å². The van der Waals surface area contributed by atoms with Gasteiger partial charge in [-0.25, -0.2) is 13.1 Å². The van der Waals surface area contributed by atoms with Crippen LogP contribution in [0.1, 0.15) is 30.6 Å². The molecule has 1 unspecified atom stereocenters. The second kappa shape index (κ2) is 7.31. The van der Waals surface area contributed by atoms with Gasteiger partial charge in [-0.05, 0) is 24.5 Å². The van der Waals surface area contributed by atoms with Crippen LogP contribution in [0, 0.1) is 5.92 Å². The summed E-state index contributed by atoms with van der Waals surface area (Å²) in [6.45, 7) is 3.79. The first-order valence-electron chi connectivity index (χ1n) is 7.79. The van der Waals surface area contributed by atoms with E-state index in [0.717, 1.165) is 0 Å². The molecule has 0 spiro atoms. The monoisotopic (exact) mass is 354 g/mol. The Morgan fingerprint density at radius 1 is 1.25 bits per heavy atom. The van der Waals surface area contributed by atoms with Crippen molar-refractivity contribution < 1.29 is 23.1 Å². The quantitative estimate of drug-likeness (QED) is 0.758. The molecule has 1 aromatic carbocycles. The summed E-state index contributed by atoms with van der Waals surface area (Å²) >= 11 is 0. The Bertz CT molecular complexity index is 696. The zero-order valence-electron chi connectivity index (χ0n) is 13.7. The van der Waals surface area contributed by atoms with E-state index in [0.29, 0.717) is 5.56 Å². The van der Waals surface area contributed by atoms with Crippen molar-refractivity contribution in [3.63, 3.8) is 0 Å². The highest BCUT2D eigenvalue weighted by atomic mass is 32.2. The maximum atomic E-state index is 12.3. The molecule has 8 heteroatoms. The number of amides is 1. The summed E-state index contributed by atoms with van der Waals surface area (Å²) in [5, 5.41) is 8.38. The molecule has 0 aliphatic carbocycles. The molecule has 2 N–H and O–H groups in total. The first-order chi connectivity index (χ1) is 11.2. The van der Waals surface area contributed by atoms with Crippen LogP contribution in [0.2, 0.25) is 0 Å². The van der Waals surface area contributed by atoms with Crippen molar-refractivity contribution in [2.24, 2.45) is 5.92 Å². The predicted octanol–water partition coefficient (Wildman–Crippen LogP) is 0.930. The highest BCUT2D eigenvalue weighted by Crippen LogP contribution is 2.19. The zero-order valence-corrected chi connectivity index (χ0v) is 14.5. The Hall–Kier alpha value is -1.93. The van der Waals surface area contributed by atoms with Crippen LogP contribution in [0.15, 0.2) is 30.3 Å². The van der Waals surface area contributed by atoms with E-state index in [2.05, 4.69) is 4.72 Å². The van der Waals surface area contributed by atoms with Crippen LogP contribution < -0.4 is 4.72 Å². The summed E-state index contributed by atoms with van der Waals surface area (Å²) in [6, 6.07) is 7.48. The van der Waals surface area contributed by atoms with Gasteiger partial charge in [-0.15, -0.1) is 0 Å². The van der Waals surface area contributed by atoms with Gasteiger partial charge in [0, 0.05) is 18.7 Å². The Balaban J connectivity index is 1.96. The molecule has 0 saturated carbocycles. The summed E-state index contributed by atoms with van der Waals surface area (Å²) in [4.78, 5) is 24.8. The van der Waals surface area contributed by atoms with E-state index < -0.39 is 27.3 Å². The minimum absolute atomic E-state index is 0.0475. The largest absolute Gasteiger partial charge is 0.480 e. The smallest absolute Gasteiger partial charge is 0.321 e. The molecular weight excluding hydrogens is 332 g/mol. The minimum Gasteiger partial charge on any atom is -0.480 e. The van der Waals surface area contributed by atoms with Crippen LogP contribution in [0.3, 0.4) is 0 Å². The van der Waals surface area contributed by atoms with Crippen molar-refractivity contribution in [3.8, 4) is 0 Å². The van der Waals surface area contributed by atoms with E-state index in [9.17, 15) is 18.0 Å². The normalized spacial score (nSPS) is 16.7. The molecule has 1 aliphatic rings. The summed E-state index contributed by atoms with van der Waals surface area (Å²) in [5.74, 6) is -1.37. The predicted molar refractivity (Wildman–Crippen MR) is 89.1 cm³/mol. The second-order valence-electron chi connectivity index (χ2n) is 6.38. The number of carboxylic acid groups (broad SMARTS) is 1. The maximum absolute atomic E-state index is 12.3. The zero-order chi connectivity index (χ0) is 17.9. The number of carbonyl (C=O) groups is 2. The number of hydrogen-bond donors (Lipinski definition) is 2. The van der Waals surface area contributed by atoms with Crippen molar-refractivity contribution in [1.29, 1.82) is 0 Å². The third kappa shape index (κ3) is 4.33. The van der Waals surface area contributed by atoms with Crippen molar-refractivity contribution in [2.45, 2.75) is 31.6 Å². The number of carbonyl (C=O) groups excluding carboxylic acids is 1. The fraction of sp³-hybridized carbons (Fsp3) is 0.500. The lowest BCUT2D eigenvalue weighted by molar-refractivity contribution is -0.139. The van der Waals surface area contributed by atoms with Gasteiger partial charge in [0.05, 0.1) is 0 Å². The van der Waals surface area contributed by atoms with Crippen LogP contribution in [-0.2, 0) is 14.8 Å². The number of nitrogens with one attached hydrogen (secondary N) is 1. The highest BCUT2D eigenvalue weighted by molar-refractivity contribution is 7.90. The van der Waals surface area contributed by atoms with E-state index in [-0.39, 0.29) is 31.3 Å². The number of aliphatic carboxylic acids is 1. The van der Waals surface area contributed by atoms with Crippen LogP contribution in [0.5, 0.6) is 0 Å². The minimum atomic E-state index is -3.79. The first kappa shape index (κ1) is 18.4. The Morgan fingerprint density at radius 3 is 2.33 bits per heavy atom. The Labute approximate surface area is 141 Å². The summed E-state index contributed by atoms with van der Waals surface area (Å²) < 4.78 is 26.9. The van der Waals surface area contributed by atoms with E-state index in [1.165, 1.54) is 4.90 Å². The summed E-state index contributed by atoms with van der Waals surface area (Å²) in [6.07, 6.45) is 0.216. The van der Waals surface area contributed by atoms with Crippen molar-refractivity contribution in [1.82, 2.24) is 9.62 Å². The lowest BCUT2D eigenvalue weighted by atomic mass is 10.1. The van der Waals surface area contributed by atoms with Gasteiger partial charge in [0.15, 0.2) is 0 Å². The molecule has 0 bridgehead atoms. The number of hydrogen-bond acceptors (Lipinski definition) is 4. The number of benzene rings is 1. The van der Waals surface area contributed by atoms with Crippen molar-refractivity contribution in [3.05, 3.63) is 35.9 Å². The lowest BCUT2D eigenvalue weighted by Crippen LogP contribution is -2.61. The van der Waals surface area contributed by atoms with Gasteiger partial charge < -0.3 is 10.0 Å². The van der Waals surface area contributed by atoms with Gasteiger partial charge in [-0.1, -0.05) is 32.0 Å². The standard InChI is InChI=1S/C16H22N2O5S/c1-11(2)8-14(16(20)21)17-24(22,23)13-9-18(10-13)15(19)12-6-4-3-5-7-12/h3-7,11,13-14,17H,8-10H2,1-2H3,(H,20,21). The topological polar surface area (TPSA) is 104 Å². The van der Waals surface area contributed by atoms with E-state index >= 15 is 0 Å². The highest BCUT2D eigenvalue weighted by Gasteiger charge is 2.41. The molecular formula is C16H22N2O5S. The number of nitrogens with zero attached hydrogens (tertiary/aromatic N) is 1. The van der Waals surface area contributed by atoms with E-state index in [4.69, 9.17) is 5.11 Å². The molecule has 2 rings (SSSR count). The Morgan fingerprint density at radius 2 is 1.83 bits per heavy atom. The molecule has 1 fully saturated rings. The molecule has 1 aliphatic heterocycles. The van der Waals surface area contributed by atoms with Gasteiger partial charge >= 0.3 is 5.97 Å². The average molecular weight is 354 g/mol. The van der Waals surface area contributed by atoms with Gasteiger partial charge in [-0.3, -0.25) is 9.59 Å². The number of carboxylic acids is 1. The second-order valence-corrected chi connectivity index (χ2v) is 8.37. The van der Waals surface area contributed by atoms with Crippen LogP contribution >= 0.6 is 0 Å². The third-order valence-electron chi connectivity index (χ3n) is 3.91. The van der Waals surface area contributed by atoms with Crippen molar-refractivity contribution >= 4 is 21.9 Å². The number of rotatable bonds is 7. The fourth-order valence-electron chi connectivity index (χ4n) is 2.53. The molecule has 1 amide bonds. The molecule has 1 heterocycles. The van der Waals surface area contributed by atoms with Crippen LogP contribution in [0.4, 0.5) is 0 Å². The molecule has 24 heavy (non-hydrogen) atoms. The SMILES string of the molecule is CC(C)CC(NS(=O)(=O)C1CN(C(=O)c2ccccc2)C1)C(=O)O. The first-order valence-corrected chi connectivity index (χ1v) is 9.33. The number of sulfonamides is 1. The summed E-state index contributed by atoms with van der Waals surface area (Å²) in [5.41, 5.74) is 0.504. The third-order valence-corrected chi connectivity index (χ3v) is 5.70. The van der Waals surface area contributed by atoms with E-state index in [1.807, 2.05) is 13.8 Å².